The number of carbonyl (C=O) groups excluding carboxylic acids is 3. The smallest absolute Gasteiger partial charge is 0.266 e. The molecule has 1 atom stereocenters. The normalized spacial score (nSPS) is 13.1. The molecule has 5 rings (SSSR count). The average molecular weight is 567 g/mol. The number of nitrogens with zero attached hydrogens (tertiary/aromatic N) is 1. The fourth-order valence-electron chi connectivity index (χ4n) is 4.11. The van der Waals surface area contributed by atoms with Crippen molar-refractivity contribution in [2.45, 2.75) is 29.9 Å². The predicted octanol–water partition coefficient (Wildman–Crippen LogP) is 7.00. The van der Waals surface area contributed by atoms with Crippen LogP contribution < -0.4 is 16.0 Å². The van der Waals surface area contributed by atoms with Crippen molar-refractivity contribution in [2.24, 2.45) is 5.92 Å². The lowest BCUT2D eigenvalue weighted by Crippen LogP contribution is -2.19. The molecule has 200 valence electrons. The van der Waals surface area contributed by atoms with Crippen LogP contribution in [0.25, 0.3) is 0 Å². The fraction of sp³-hybridized carbons (Fsp3) is 0.161. The summed E-state index contributed by atoms with van der Waals surface area (Å²) in [5, 5.41) is 18.3. The Kier molecular flexibility index (Phi) is 8.29. The highest BCUT2D eigenvalue weighted by Gasteiger charge is 2.30. The number of hydrogen-bond donors (Lipinski definition) is 3. The lowest BCUT2D eigenvalue weighted by molar-refractivity contribution is -0.117. The number of nitriles is 1. The number of nitrogens with one attached hydrogen (secondary N) is 3. The van der Waals surface area contributed by atoms with Crippen LogP contribution >= 0.6 is 23.1 Å². The molecule has 9 heteroatoms. The maximum absolute atomic E-state index is 13.7. The Bertz CT molecular complexity index is 1590. The largest absolute Gasteiger partial charge is 0.326 e. The van der Waals surface area contributed by atoms with E-state index in [0.29, 0.717) is 26.8 Å². The Hall–Kier alpha value is -4.39. The van der Waals surface area contributed by atoms with E-state index in [0.717, 1.165) is 34.6 Å². The van der Waals surface area contributed by atoms with Gasteiger partial charge in [0, 0.05) is 22.2 Å². The summed E-state index contributed by atoms with van der Waals surface area (Å²) in [5.74, 6) is -0.563. The van der Waals surface area contributed by atoms with Gasteiger partial charge in [-0.2, -0.15) is 5.26 Å². The lowest BCUT2D eigenvalue weighted by atomic mass is 10.1. The summed E-state index contributed by atoms with van der Waals surface area (Å²) in [6, 6.07) is 28.0. The van der Waals surface area contributed by atoms with Gasteiger partial charge < -0.3 is 16.0 Å². The number of benzene rings is 3. The molecule has 1 heterocycles. The molecule has 1 aliphatic carbocycles. The van der Waals surface area contributed by atoms with Gasteiger partial charge in [0.05, 0.1) is 10.4 Å². The SMILES string of the molecule is Cc1c(C(=O)Nc2ccccc2)sc(NC(=O)C(Sc2cccc(NC(=O)C3CC3)c2)c2ccccc2)c1C#N. The van der Waals surface area contributed by atoms with E-state index in [-0.39, 0.29) is 29.2 Å². The summed E-state index contributed by atoms with van der Waals surface area (Å²) in [6.45, 7) is 1.70. The summed E-state index contributed by atoms with van der Waals surface area (Å²) in [7, 11) is 0. The number of para-hydroxylation sites is 1. The maximum Gasteiger partial charge on any atom is 0.266 e. The van der Waals surface area contributed by atoms with Crippen LogP contribution in [0, 0.1) is 24.2 Å². The number of thiophene rings is 1. The van der Waals surface area contributed by atoms with Gasteiger partial charge >= 0.3 is 0 Å². The molecule has 0 spiro atoms. The molecule has 3 aromatic carbocycles. The van der Waals surface area contributed by atoms with Crippen LogP contribution in [0.1, 0.15) is 44.5 Å². The van der Waals surface area contributed by atoms with E-state index in [2.05, 4.69) is 22.0 Å². The molecule has 1 aliphatic rings. The summed E-state index contributed by atoms with van der Waals surface area (Å²) < 4.78 is 0. The third kappa shape index (κ3) is 6.42. The van der Waals surface area contributed by atoms with E-state index >= 15 is 0 Å². The number of amides is 3. The van der Waals surface area contributed by atoms with Crippen LogP contribution in [0.3, 0.4) is 0 Å². The van der Waals surface area contributed by atoms with Crippen LogP contribution in [-0.4, -0.2) is 17.7 Å². The minimum absolute atomic E-state index is 0.0173. The molecule has 3 amide bonds. The second kappa shape index (κ2) is 12.2. The minimum Gasteiger partial charge on any atom is -0.326 e. The van der Waals surface area contributed by atoms with Crippen LogP contribution in [-0.2, 0) is 9.59 Å². The number of rotatable bonds is 9. The van der Waals surface area contributed by atoms with Gasteiger partial charge in [-0.05, 0) is 61.2 Å². The van der Waals surface area contributed by atoms with Crippen molar-refractivity contribution >= 4 is 57.2 Å². The average Bonchev–Trinajstić information content (AvgIpc) is 3.77. The highest BCUT2D eigenvalue weighted by molar-refractivity contribution is 8.00. The minimum atomic E-state index is -0.647. The molecule has 0 aliphatic heterocycles. The van der Waals surface area contributed by atoms with Gasteiger partial charge in [-0.3, -0.25) is 14.4 Å². The zero-order chi connectivity index (χ0) is 28.1. The summed E-state index contributed by atoms with van der Waals surface area (Å²) in [6.07, 6.45) is 1.83. The standard InChI is InChI=1S/C31H26N4O3S2/c1-19-25(18-32)31(40-26(19)29(37)33-22-11-6-3-7-12-22)35-30(38)27(20-9-4-2-5-10-20)39-24-14-8-13-23(17-24)34-28(36)21-15-16-21/h2-14,17,21,27H,15-16H2,1H3,(H,33,37)(H,34,36)(H,35,38). The fourth-order valence-corrected chi connectivity index (χ4v) is 6.25. The molecular formula is C31H26N4O3S2. The Labute approximate surface area is 240 Å². The number of carbonyl (C=O) groups is 3. The van der Waals surface area contributed by atoms with Gasteiger partial charge in [0.15, 0.2) is 0 Å². The van der Waals surface area contributed by atoms with Crippen molar-refractivity contribution in [3.05, 3.63) is 106 Å². The van der Waals surface area contributed by atoms with Gasteiger partial charge in [-0.1, -0.05) is 54.6 Å². The van der Waals surface area contributed by atoms with Crippen molar-refractivity contribution in [1.82, 2.24) is 0 Å². The van der Waals surface area contributed by atoms with Crippen LogP contribution in [0.2, 0.25) is 0 Å². The van der Waals surface area contributed by atoms with E-state index in [1.54, 1.807) is 19.1 Å². The summed E-state index contributed by atoms with van der Waals surface area (Å²) >= 11 is 2.43. The molecule has 1 fully saturated rings. The van der Waals surface area contributed by atoms with Gasteiger partial charge in [-0.15, -0.1) is 23.1 Å². The van der Waals surface area contributed by atoms with Crippen LogP contribution in [0.5, 0.6) is 0 Å². The molecule has 1 unspecified atom stereocenters. The Morgan fingerprint density at radius 2 is 1.57 bits per heavy atom. The first-order chi connectivity index (χ1) is 19.4. The predicted molar refractivity (Wildman–Crippen MR) is 160 cm³/mol. The van der Waals surface area contributed by atoms with Crippen molar-refractivity contribution in [1.29, 1.82) is 5.26 Å². The van der Waals surface area contributed by atoms with E-state index in [9.17, 15) is 19.6 Å². The molecule has 0 radical (unpaired) electrons. The van der Waals surface area contributed by atoms with Crippen molar-refractivity contribution in [2.75, 3.05) is 16.0 Å². The van der Waals surface area contributed by atoms with Gasteiger partial charge in [0.1, 0.15) is 16.3 Å². The first kappa shape index (κ1) is 27.2. The summed E-state index contributed by atoms with van der Waals surface area (Å²) in [4.78, 5) is 40.1. The monoisotopic (exact) mass is 566 g/mol. The second-order valence-corrected chi connectivity index (χ2v) is 11.6. The molecule has 4 aromatic rings. The second-order valence-electron chi connectivity index (χ2n) is 9.38. The number of anilines is 3. The van der Waals surface area contributed by atoms with E-state index < -0.39 is 5.25 Å². The highest BCUT2D eigenvalue weighted by Crippen LogP contribution is 2.40. The Balaban J connectivity index is 1.38. The maximum atomic E-state index is 13.7. The first-order valence-corrected chi connectivity index (χ1v) is 14.5. The number of thioether (sulfide) groups is 1. The first-order valence-electron chi connectivity index (χ1n) is 12.8. The molecule has 7 nitrogen and oxygen atoms in total. The molecule has 0 bridgehead atoms. The number of hydrogen-bond acceptors (Lipinski definition) is 6. The molecular weight excluding hydrogens is 541 g/mol. The van der Waals surface area contributed by atoms with E-state index in [1.807, 2.05) is 72.8 Å². The third-order valence-electron chi connectivity index (χ3n) is 6.38. The molecule has 3 N–H and O–H groups in total. The summed E-state index contributed by atoms with van der Waals surface area (Å²) in [5.41, 5.74) is 2.88. The van der Waals surface area contributed by atoms with Gasteiger partial charge in [-0.25, -0.2) is 0 Å². The van der Waals surface area contributed by atoms with Crippen molar-refractivity contribution in [3.63, 3.8) is 0 Å². The zero-order valence-electron chi connectivity index (χ0n) is 21.6. The zero-order valence-corrected chi connectivity index (χ0v) is 23.3. The van der Waals surface area contributed by atoms with E-state index in [1.165, 1.54) is 11.8 Å². The molecule has 1 aromatic heterocycles. The van der Waals surface area contributed by atoms with Gasteiger partial charge in [0.2, 0.25) is 11.8 Å². The molecule has 1 saturated carbocycles. The van der Waals surface area contributed by atoms with Gasteiger partial charge in [0.25, 0.3) is 5.91 Å². The van der Waals surface area contributed by atoms with E-state index in [4.69, 9.17) is 0 Å². The lowest BCUT2D eigenvalue weighted by Gasteiger charge is -2.17. The third-order valence-corrected chi connectivity index (χ3v) is 8.83. The Morgan fingerprint density at radius 3 is 2.25 bits per heavy atom. The van der Waals surface area contributed by atoms with Crippen LogP contribution in [0.15, 0.2) is 89.8 Å². The highest BCUT2D eigenvalue weighted by atomic mass is 32.2. The molecule has 40 heavy (non-hydrogen) atoms. The quantitative estimate of drug-likeness (QED) is 0.189. The Morgan fingerprint density at radius 1 is 0.900 bits per heavy atom. The van der Waals surface area contributed by atoms with Crippen molar-refractivity contribution < 1.29 is 14.4 Å². The van der Waals surface area contributed by atoms with Crippen molar-refractivity contribution in [3.8, 4) is 6.07 Å². The molecule has 0 saturated heterocycles. The topological polar surface area (TPSA) is 111 Å². The van der Waals surface area contributed by atoms with Crippen LogP contribution in [0.4, 0.5) is 16.4 Å².